The van der Waals surface area contributed by atoms with E-state index >= 15 is 0 Å². The van der Waals surface area contributed by atoms with Gasteiger partial charge in [0, 0.05) is 18.6 Å². The van der Waals surface area contributed by atoms with Crippen LogP contribution in [0.15, 0.2) is 0 Å². The molecule has 6 nitrogen and oxygen atoms in total. The summed E-state index contributed by atoms with van der Waals surface area (Å²) in [6, 6.07) is 0. The maximum atomic E-state index is 12.7. The van der Waals surface area contributed by atoms with Crippen molar-refractivity contribution in [2.75, 3.05) is 26.4 Å². The van der Waals surface area contributed by atoms with E-state index in [1.165, 1.54) is 0 Å². The summed E-state index contributed by atoms with van der Waals surface area (Å²) < 4.78 is 39.9. The molecule has 0 aromatic heterocycles. The highest BCUT2D eigenvalue weighted by Crippen LogP contribution is 2.54. The molecule has 1 aliphatic rings. The van der Waals surface area contributed by atoms with Crippen LogP contribution in [0.4, 0.5) is 0 Å². The maximum absolute atomic E-state index is 12.7. The van der Waals surface area contributed by atoms with Gasteiger partial charge in [-0.05, 0) is 20.3 Å². The molecule has 0 amide bonds. The molecule has 1 saturated heterocycles. The Morgan fingerprint density at radius 3 is 2.05 bits per heavy atom. The molecule has 1 atom stereocenters. The van der Waals surface area contributed by atoms with E-state index in [0.717, 1.165) is 0 Å². The third kappa shape index (κ3) is 5.13. The molecule has 8 heteroatoms. The lowest BCUT2D eigenvalue weighted by atomic mass is 9.93. The van der Waals surface area contributed by atoms with Crippen molar-refractivity contribution >= 4 is 14.9 Å². The number of hydrogen-bond acceptors (Lipinski definition) is 6. The Kier molecular flexibility index (Phi) is 7.19. The lowest BCUT2D eigenvalue weighted by molar-refractivity contribution is -0.0273. The minimum atomic E-state index is -3.31. The van der Waals surface area contributed by atoms with E-state index in [1.807, 2.05) is 20.8 Å². The second-order valence-corrected chi connectivity index (χ2v) is 7.62. The van der Waals surface area contributed by atoms with E-state index in [-0.39, 0.29) is 5.41 Å². The van der Waals surface area contributed by atoms with Crippen molar-refractivity contribution in [3.63, 3.8) is 0 Å². The molecule has 0 aromatic carbocycles. The van der Waals surface area contributed by atoms with Gasteiger partial charge in [-0.25, -0.2) is 0 Å². The summed E-state index contributed by atoms with van der Waals surface area (Å²) in [6.45, 7) is 11.2. The number of hydrogen-bond donors (Lipinski definition) is 0. The summed E-state index contributed by atoms with van der Waals surface area (Å²) in [5, 5.41) is 0. The molecule has 0 saturated carbocycles. The largest absolute Gasteiger partial charge is 0.640 e. The molecule has 118 valence electrons. The maximum Gasteiger partial charge on any atom is 0.640 e. The lowest BCUT2D eigenvalue weighted by Crippen LogP contribution is -2.44. The van der Waals surface area contributed by atoms with Gasteiger partial charge in [0.2, 0.25) is 0 Å². The molecule has 1 heterocycles. The van der Waals surface area contributed by atoms with Crippen LogP contribution in [0.1, 0.15) is 41.0 Å². The standard InChI is InChI=1S/C12H26BO6P/c1-6-11(20(14,17-7-2)18-8-3)19-13-15-9-12(4,5)10-16-13/h11H,6-10H2,1-5H3. The first-order valence-corrected chi connectivity index (χ1v) is 8.75. The smallest absolute Gasteiger partial charge is 0.385 e. The van der Waals surface area contributed by atoms with Crippen molar-refractivity contribution in [2.45, 2.75) is 46.9 Å². The SMILES string of the molecule is CCOP(=O)(OCC)C(CC)OB1OCC(C)(C)CO1. The first kappa shape index (κ1) is 18.1. The Balaban J connectivity index is 2.63. The van der Waals surface area contributed by atoms with Crippen LogP contribution >= 0.6 is 7.60 Å². The van der Waals surface area contributed by atoms with Gasteiger partial charge in [-0.3, -0.25) is 4.57 Å². The molecule has 0 aliphatic carbocycles. The molecule has 0 radical (unpaired) electrons. The predicted molar refractivity (Wildman–Crippen MR) is 77.5 cm³/mol. The average molecular weight is 308 g/mol. The van der Waals surface area contributed by atoms with Crippen LogP contribution in [0, 0.1) is 5.41 Å². The van der Waals surface area contributed by atoms with Crippen molar-refractivity contribution in [2.24, 2.45) is 5.41 Å². The summed E-state index contributed by atoms with van der Waals surface area (Å²) in [7, 11) is -4.13. The zero-order valence-electron chi connectivity index (χ0n) is 13.1. The van der Waals surface area contributed by atoms with E-state index < -0.39 is 20.8 Å². The first-order chi connectivity index (χ1) is 9.37. The van der Waals surface area contributed by atoms with Crippen molar-refractivity contribution in [1.82, 2.24) is 0 Å². The average Bonchev–Trinajstić information content (AvgIpc) is 2.38. The van der Waals surface area contributed by atoms with Gasteiger partial charge >= 0.3 is 14.9 Å². The minimum Gasteiger partial charge on any atom is -0.385 e. The number of rotatable bonds is 8. The summed E-state index contributed by atoms with van der Waals surface area (Å²) in [5.41, 5.74) is -0.0366. The summed E-state index contributed by atoms with van der Waals surface area (Å²) in [6.07, 6.45) is 0.490. The normalized spacial score (nSPS) is 20.9. The molecule has 20 heavy (non-hydrogen) atoms. The summed E-state index contributed by atoms with van der Waals surface area (Å²) >= 11 is 0. The third-order valence-electron chi connectivity index (χ3n) is 2.81. The van der Waals surface area contributed by atoms with E-state index in [1.54, 1.807) is 13.8 Å². The van der Waals surface area contributed by atoms with Gasteiger partial charge in [0.25, 0.3) is 0 Å². The highest BCUT2D eigenvalue weighted by atomic mass is 31.2. The van der Waals surface area contributed by atoms with Gasteiger partial charge in [-0.2, -0.15) is 0 Å². The first-order valence-electron chi connectivity index (χ1n) is 7.14. The monoisotopic (exact) mass is 308 g/mol. The Labute approximate surface area is 122 Å². The van der Waals surface area contributed by atoms with Gasteiger partial charge < -0.3 is 23.0 Å². The topological polar surface area (TPSA) is 63.2 Å². The molecule has 1 aliphatic heterocycles. The molecule has 1 fully saturated rings. The van der Waals surface area contributed by atoms with Crippen molar-refractivity contribution < 1.29 is 27.6 Å². The Morgan fingerprint density at radius 1 is 1.15 bits per heavy atom. The van der Waals surface area contributed by atoms with Crippen LogP contribution in [-0.4, -0.2) is 39.6 Å². The van der Waals surface area contributed by atoms with Crippen LogP contribution in [0.25, 0.3) is 0 Å². The quantitative estimate of drug-likeness (QED) is 0.507. The summed E-state index contributed by atoms with van der Waals surface area (Å²) in [4.78, 5) is 0. The van der Waals surface area contributed by atoms with E-state index in [0.29, 0.717) is 32.8 Å². The van der Waals surface area contributed by atoms with Gasteiger partial charge in [0.1, 0.15) is 5.85 Å². The van der Waals surface area contributed by atoms with Crippen LogP contribution in [0.3, 0.4) is 0 Å². The fraction of sp³-hybridized carbons (Fsp3) is 1.00. The van der Waals surface area contributed by atoms with Gasteiger partial charge in [-0.15, -0.1) is 0 Å². The minimum absolute atomic E-state index is 0.0366. The van der Waals surface area contributed by atoms with Crippen LogP contribution in [0.5, 0.6) is 0 Å². The predicted octanol–water partition coefficient (Wildman–Crippen LogP) is 3.06. The van der Waals surface area contributed by atoms with E-state index in [2.05, 4.69) is 0 Å². The molecule has 1 rings (SSSR count). The zero-order chi connectivity index (χ0) is 15.2. The Hall–Kier alpha value is 0.0949. The van der Waals surface area contributed by atoms with Gasteiger partial charge in [0.15, 0.2) is 0 Å². The molecule has 0 aromatic rings. The molecule has 0 bridgehead atoms. The van der Waals surface area contributed by atoms with Crippen LogP contribution in [0.2, 0.25) is 0 Å². The van der Waals surface area contributed by atoms with Crippen LogP contribution in [-0.2, 0) is 27.6 Å². The van der Waals surface area contributed by atoms with Crippen molar-refractivity contribution in [3.8, 4) is 0 Å². The van der Waals surface area contributed by atoms with E-state index in [4.69, 9.17) is 23.0 Å². The molecule has 1 unspecified atom stereocenters. The molecular formula is C12H26BO6P. The fourth-order valence-electron chi connectivity index (χ4n) is 1.84. The third-order valence-corrected chi connectivity index (χ3v) is 5.24. The van der Waals surface area contributed by atoms with Crippen LogP contribution < -0.4 is 0 Å². The fourth-order valence-corrected chi connectivity index (χ4v) is 3.66. The summed E-state index contributed by atoms with van der Waals surface area (Å²) in [5.74, 6) is -0.686. The Morgan fingerprint density at radius 2 is 1.65 bits per heavy atom. The Bertz CT molecular complexity index is 318. The lowest BCUT2D eigenvalue weighted by Gasteiger charge is -2.34. The molecular weight excluding hydrogens is 282 g/mol. The van der Waals surface area contributed by atoms with Crippen molar-refractivity contribution in [1.29, 1.82) is 0 Å². The second-order valence-electron chi connectivity index (χ2n) is 5.45. The molecule has 0 spiro atoms. The highest BCUT2D eigenvalue weighted by Gasteiger charge is 2.42. The van der Waals surface area contributed by atoms with E-state index in [9.17, 15) is 4.57 Å². The highest BCUT2D eigenvalue weighted by molar-refractivity contribution is 7.54. The second kappa shape index (κ2) is 7.92. The van der Waals surface area contributed by atoms with Gasteiger partial charge in [0.05, 0.1) is 13.2 Å². The van der Waals surface area contributed by atoms with Gasteiger partial charge in [-0.1, -0.05) is 20.8 Å². The van der Waals surface area contributed by atoms with Crippen molar-refractivity contribution in [3.05, 3.63) is 0 Å². The molecule has 0 N–H and O–H groups in total. The zero-order valence-corrected chi connectivity index (χ0v) is 14.0.